The minimum atomic E-state index is 1.07. The molecule has 2 aliphatic rings. The van der Waals surface area contributed by atoms with E-state index in [1.165, 1.54) is 76.0 Å². The average Bonchev–Trinajstić information content (AvgIpc) is 3.73. The monoisotopic (exact) mass is 808 g/mol. The highest BCUT2D eigenvalue weighted by atomic mass is 32.2. The predicted octanol–water partition coefficient (Wildman–Crippen LogP) is 15.5. The van der Waals surface area contributed by atoms with Gasteiger partial charge in [-0.2, -0.15) is 0 Å². The average molecular weight is 809 g/mol. The fraction of sp³-hybridized carbons (Fsp3) is 0. The van der Waals surface area contributed by atoms with Crippen LogP contribution in [-0.2, 0) is 0 Å². The Morgan fingerprint density at radius 3 is 1.92 bits per heavy atom. The fourth-order valence-electron chi connectivity index (χ4n) is 9.92. The molecule has 3 aromatic heterocycles. The molecule has 0 saturated carbocycles. The van der Waals surface area contributed by atoms with E-state index in [0.717, 1.165) is 39.6 Å². The first kappa shape index (κ1) is 34.9. The molecule has 290 valence electrons. The summed E-state index contributed by atoms with van der Waals surface area (Å²) >= 11 is 1.85. The summed E-state index contributed by atoms with van der Waals surface area (Å²) in [6.07, 6.45) is 8.39. The Kier molecular flexibility index (Phi) is 7.81. The summed E-state index contributed by atoms with van der Waals surface area (Å²) in [6.45, 7) is 0. The van der Waals surface area contributed by atoms with Gasteiger partial charge in [0.25, 0.3) is 0 Å². The predicted molar refractivity (Wildman–Crippen MR) is 259 cm³/mol. The molecule has 2 aliphatic heterocycles. The van der Waals surface area contributed by atoms with Crippen molar-refractivity contribution in [1.82, 2.24) is 14.1 Å². The number of benzene rings is 8. The summed E-state index contributed by atoms with van der Waals surface area (Å²) in [4.78, 5) is 9.43. The largest absolute Gasteiger partial charge is 0.309 e. The van der Waals surface area contributed by atoms with Gasteiger partial charge in [0.15, 0.2) is 0 Å². The van der Waals surface area contributed by atoms with Gasteiger partial charge >= 0.3 is 0 Å². The number of rotatable bonds is 4. The highest BCUT2D eigenvalue weighted by molar-refractivity contribution is 7.99. The fourth-order valence-corrected chi connectivity index (χ4v) is 11.0. The minimum absolute atomic E-state index is 1.07. The second kappa shape index (κ2) is 13.8. The van der Waals surface area contributed by atoms with Gasteiger partial charge in [0.1, 0.15) is 0 Å². The van der Waals surface area contributed by atoms with Gasteiger partial charge in [-0.15, -0.1) is 0 Å². The van der Waals surface area contributed by atoms with Crippen LogP contribution in [0.3, 0.4) is 0 Å². The van der Waals surface area contributed by atoms with E-state index in [4.69, 9.17) is 0 Å². The molecular weight excluding hydrogens is 773 g/mol. The lowest BCUT2D eigenvalue weighted by molar-refractivity contribution is 1.13. The molecule has 0 atom stereocenters. The van der Waals surface area contributed by atoms with Crippen molar-refractivity contribution < 1.29 is 0 Å². The van der Waals surface area contributed by atoms with E-state index in [2.05, 4.69) is 225 Å². The molecule has 5 heterocycles. The lowest BCUT2D eigenvalue weighted by atomic mass is 9.98. The van der Waals surface area contributed by atoms with Crippen LogP contribution in [0.1, 0.15) is 11.1 Å². The number of hydrogen-bond acceptors (Lipinski definition) is 3. The summed E-state index contributed by atoms with van der Waals surface area (Å²) in [6, 6.07) is 71.0. The van der Waals surface area contributed by atoms with Crippen LogP contribution in [0.2, 0.25) is 0 Å². The Labute approximate surface area is 363 Å². The van der Waals surface area contributed by atoms with Crippen LogP contribution in [0.15, 0.2) is 216 Å². The Balaban J connectivity index is 1.13. The van der Waals surface area contributed by atoms with E-state index in [1.807, 2.05) is 24.2 Å². The number of fused-ring (bicyclic) bond motifs is 13. The third-order valence-electron chi connectivity index (χ3n) is 12.5. The number of anilines is 3. The van der Waals surface area contributed by atoms with Crippen LogP contribution in [0.5, 0.6) is 0 Å². The first-order chi connectivity index (χ1) is 30.8. The first-order valence-electron chi connectivity index (χ1n) is 21.0. The zero-order valence-electron chi connectivity index (χ0n) is 33.5. The molecule has 13 rings (SSSR count). The van der Waals surface area contributed by atoms with Gasteiger partial charge in [-0.25, -0.2) is 0 Å². The molecule has 0 saturated heterocycles. The highest BCUT2D eigenvalue weighted by Crippen LogP contribution is 2.55. The summed E-state index contributed by atoms with van der Waals surface area (Å²) in [5.74, 6) is 0. The van der Waals surface area contributed by atoms with Crippen molar-refractivity contribution in [1.29, 1.82) is 0 Å². The molecule has 0 fully saturated rings. The standard InChI is InChI=1S/C57H36N4S/c1-2-15-40(16-3-1)60-51-23-11-7-19-46(51)55-45-18-6-10-22-50(45)59(52-24-12-8-20-47(52)57(55)60)41-34-39(37-30-32-58-33-31-37)35-42(36-41)61-49-21-9-5-17-43(49)44-28-29-54-48(56(44)61)27-26-38-14-4-13-25-53(38)62-54/h1-36H. The number of hydrogen-bond donors (Lipinski definition) is 0. The van der Waals surface area contributed by atoms with Crippen molar-refractivity contribution in [2.24, 2.45) is 0 Å². The molecular formula is C57H36N4S. The molecule has 8 aromatic carbocycles. The van der Waals surface area contributed by atoms with Gasteiger partial charge in [0.2, 0.25) is 0 Å². The van der Waals surface area contributed by atoms with E-state index in [9.17, 15) is 0 Å². The molecule has 0 unspecified atom stereocenters. The molecule has 5 heteroatoms. The van der Waals surface area contributed by atoms with Gasteiger partial charge in [-0.05, 0) is 95.6 Å². The third-order valence-corrected chi connectivity index (χ3v) is 13.7. The lowest BCUT2D eigenvalue weighted by Crippen LogP contribution is -2.12. The third kappa shape index (κ3) is 5.25. The minimum Gasteiger partial charge on any atom is -0.309 e. The van der Waals surface area contributed by atoms with E-state index < -0.39 is 0 Å². The van der Waals surface area contributed by atoms with E-state index in [0.29, 0.717) is 0 Å². The zero-order valence-corrected chi connectivity index (χ0v) is 34.3. The SMILES string of the molecule is C1=Cc2c(ccc3c4ccccc4n(-c4cc(-c5ccncc5)cc(N5c6ccccc6-c6c(n(-c7ccccc7)c7ccccc67)-c6ccccc65)c4)c23)Sc2ccccc21. The van der Waals surface area contributed by atoms with Crippen molar-refractivity contribution in [3.63, 3.8) is 0 Å². The van der Waals surface area contributed by atoms with Gasteiger partial charge < -0.3 is 14.0 Å². The van der Waals surface area contributed by atoms with Gasteiger partial charge in [0, 0.05) is 77.7 Å². The Bertz CT molecular complexity index is 3620. The Morgan fingerprint density at radius 1 is 0.419 bits per heavy atom. The maximum absolute atomic E-state index is 4.43. The van der Waals surface area contributed by atoms with Gasteiger partial charge in [-0.3, -0.25) is 4.98 Å². The number of para-hydroxylation sites is 5. The van der Waals surface area contributed by atoms with Crippen LogP contribution >= 0.6 is 11.8 Å². The quantitative estimate of drug-likeness (QED) is 0.177. The zero-order chi connectivity index (χ0) is 40.7. The first-order valence-corrected chi connectivity index (χ1v) is 21.8. The van der Waals surface area contributed by atoms with Crippen LogP contribution < -0.4 is 4.90 Å². The number of aromatic nitrogens is 3. The normalized spacial score (nSPS) is 12.7. The van der Waals surface area contributed by atoms with E-state index >= 15 is 0 Å². The van der Waals surface area contributed by atoms with Crippen LogP contribution in [0.4, 0.5) is 17.1 Å². The van der Waals surface area contributed by atoms with Crippen LogP contribution in [0.25, 0.3) is 89.7 Å². The maximum Gasteiger partial charge on any atom is 0.0641 e. The molecule has 0 spiro atoms. The molecule has 0 bridgehead atoms. The van der Waals surface area contributed by atoms with Crippen LogP contribution in [-0.4, -0.2) is 14.1 Å². The lowest BCUT2D eigenvalue weighted by Gasteiger charge is -2.29. The topological polar surface area (TPSA) is 26.0 Å². The van der Waals surface area contributed by atoms with E-state index in [-0.39, 0.29) is 0 Å². The van der Waals surface area contributed by atoms with Gasteiger partial charge in [0.05, 0.1) is 33.6 Å². The van der Waals surface area contributed by atoms with Gasteiger partial charge in [-0.1, -0.05) is 139 Å². The summed E-state index contributed by atoms with van der Waals surface area (Å²) in [5, 5.41) is 3.69. The second-order valence-electron chi connectivity index (χ2n) is 16.0. The van der Waals surface area contributed by atoms with Crippen molar-refractivity contribution in [2.75, 3.05) is 4.90 Å². The molecule has 0 N–H and O–H groups in total. The number of nitrogens with zero attached hydrogens (tertiary/aromatic N) is 4. The molecule has 11 aromatic rings. The summed E-state index contributed by atoms with van der Waals surface area (Å²) in [5.41, 5.74) is 18.5. The molecule has 4 nitrogen and oxygen atoms in total. The van der Waals surface area contributed by atoms with Crippen molar-refractivity contribution >= 4 is 73.7 Å². The summed E-state index contributed by atoms with van der Waals surface area (Å²) in [7, 11) is 0. The van der Waals surface area contributed by atoms with Crippen molar-refractivity contribution in [3.8, 4) is 44.9 Å². The van der Waals surface area contributed by atoms with Crippen LogP contribution in [0, 0.1) is 0 Å². The summed E-state index contributed by atoms with van der Waals surface area (Å²) < 4.78 is 4.95. The van der Waals surface area contributed by atoms with Crippen molar-refractivity contribution in [2.45, 2.75) is 9.79 Å². The maximum atomic E-state index is 4.43. The highest BCUT2D eigenvalue weighted by Gasteiger charge is 2.32. The van der Waals surface area contributed by atoms with E-state index in [1.54, 1.807) is 0 Å². The molecule has 0 radical (unpaired) electrons. The Morgan fingerprint density at radius 2 is 1.08 bits per heavy atom. The number of pyridine rings is 1. The second-order valence-corrected chi connectivity index (χ2v) is 17.0. The smallest absolute Gasteiger partial charge is 0.0641 e. The van der Waals surface area contributed by atoms with Crippen molar-refractivity contribution in [3.05, 3.63) is 218 Å². The molecule has 0 aliphatic carbocycles. The molecule has 62 heavy (non-hydrogen) atoms. The molecule has 0 amide bonds. The Hall–Kier alpha value is -7.86.